The SMILES string of the molecule is C[N+](C)(C)CCCOc1ccc(C2C(CC(O)Cc3ccc(F)cc3)C(=O)N2c2ccc(F)cc2)cc1.[Br-]. The Labute approximate surface area is 234 Å². The molecular weight excluding hydrogens is 554 g/mol. The molecule has 3 aromatic carbocycles. The molecule has 4 rings (SSSR count). The molecule has 0 radical (unpaired) electrons. The minimum Gasteiger partial charge on any atom is -1.00 e. The van der Waals surface area contributed by atoms with Crippen LogP contribution in [0, 0.1) is 17.6 Å². The highest BCUT2D eigenvalue weighted by Gasteiger charge is 2.49. The van der Waals surface area contributed by atoms with Gasteiger partial charge in [-0.05, 0) is 72.5 Å². The number of halogens is 3. The normalized spacial score (nSPS) is 17.9. The first-order valence-corrected chi connectivity index (χ1v) is 12.6. The molecule has 8 heteroatoms. The average Bonchev–Trinajstić information content (AvgIpc) is 2.86. The van der Waals surface area contributed by atoms with E-state index < -0.39 is 12.0 Å². The van der Waals surface area contributed by atoms with E-state index >= 15 is 0 Å². The maximum absolute atomic E-state index is 13.5. The number of ether oxygens (including phenoxy) is 1. The second kappa shape index (κ2) is 12.8. The predicted octanol–water partition coefficient (Wildman–Crippen LogP) is 2.14. The largest absolute Gasteiger partial charge is 1.00 e. The lowest BCUT2D eigenvalue weighted by atomic mass is 9.78. The van der Waals surface area contributed by atoms with Gasteiger partial charge in [0, 0.05) is 12.1 Å². The highest BCUT2D eigenvalue weighted by atomic mass is 79.9. The van der Waals surface area contributed by atoms with Gasteiger partial charge in [-0.1, -0.05) is 24.3 Å². The minimum atomic E-state index is -0.763. The van der Waals surface area contributed by atoms with Crippen LogP contribution in [0.2, 0.25) is 0 Å². The van der Waals surface area contributed by atoms with Crippen LogP contribution in [0.1, 0.15) is 30.0 Å². The standard InChI is InChI=1S/C30H35F2N2O3.BrH/c1-34(2,3)17-4-18-37-27-15-7-22(8-16-27)29-28(20-26(35)19-21-5-9-23(31)10-6-21)30(36)33(29)25-13-11-24(32)12-14-25;/h5-16,26,28-29,35H,4,17-20H2,1-3H3;1H/q+1;/p-1. The van der Waals surface area contributed by atoms with E-state index in [9.17, 15) is 18.7 Å². The molecule has 0 spiro atoms. The third-order valence-corrected chi connectivity index (χ3v) is 6.69. The Morgan fingerprint density at radius 1 is 0.921 bits per heavy atom. The van der Waals surface area contributed by atoms with Crippen molar-refractivity contribution in [3.63, 3.8) is 0 Å². The first-order chi connectivity index (χ1) is 17.6. The van der Waals surface area contributed by atoms with Crippen LogP contribution in [-0.2, 0) is 11.2 Å². The van der Waals surface area contributed by atoms with Crippen molar-refractivity contribution < 1.29 is 44.9 Å². The van der Waals surface area contributed by atoms with E-state index in [1.165, 1.54) is 24.3 Å². The lowest BCUT2D eigenvalue weighted by Gasteiger charge is -2.48. The topological polar surface area (TPSA) is 49.8 Å². The van der Waals surface area contributed by atoms with Gasteiger partial charge in [0.2, 0.25) is 5.91 Å². The van der Waals surface area contributed by atoms with Crippen LogP contribution >= 0.6 is 0 Å². The summed E-state index contributed by atoms with van der Waals surface area (Å²) in [6.07, 6.45) is 0.769. The molecule has 1 aliphatic heterocycles. The molecule has 5 nitrogen and oxygen atoms in total. The first-order valence-electron chi connectivity index (χ1n) is 12.6. The van der Waals surface area contributed by atoms with Gasteiger partial charge in [-0.15, -0.1) is 0 Å². The van der Waals surface area contributed by atoms with E-state index in [4.69, 9.17) is 4.74 Å². The van der Waals surface area contributed by atoms with Crippen LogP contribution < -0.4 is 26.6 Å². The van der Waals surface area contributed by atoms with E-state index in [0.29, 0.717) is 18.7 Å². The highest BCUT2D eigenvalue weighted by Crippen LogP contribution is 2.46. The number of hydrogen-bond acceptors (Lipinski definition) is 3. The number of aliphatic hydroxyl groups excluding tert-OH is 1. The summed E-state index contributed by atoms with van der Waals surface area (Å²) < 4.78 is 33.5. The van der Waals surface area contributed by atoms with Crippen LogP contribution in [-0.4, -0.2) is 55.9 Å². The number of aliphatic hydroxyl groups is 1. The number of rotatable bonds is 11. The van der Waals surface area contributed by atoms with Gasteiger partial charge in [-0.25, -0.2) is 8.78 Å². The summed E-state index contributed by atoms with van der Waals surface area (Å²) in [7, 11) is 6.44. The van der Waals surface area contributed by atoms with Gasteiger partial charge < -0.3 is 36.2 Å². The molecule has 1 heterocycles. The number of carbonyl (C=O) groups is 1. The zero-order valence-corrected chi connectivity index (χ0v) is 23.6. The Bertz CT molecular complexity index is 1180. The Morgan fingerprint density at radius 3 is 2.08 bits per heavy atom. The van der Waals surface area contributed by atoms with Crippen molar-refractivity contribution in [2.75, 3.05) is 39.2 Å². The molecule has 0 aliphatic carbocycles. The van der Waals surface area contributed by atoms with Crippen LogP contribution in [0.4, 0.5) is 14.5 Å². The summed E-state index contributed by atoms with van der Waals surface area (Å²) in [4.78, 5) is 14.9. The summed E-state index contributed by atoms with van der Waals surface area (Å²) in [5, 5.41) is 10.8. The Hall–Kier alpha value is -2.81. The van der Waals surface area contributed by atoms with Crippen LogP contribution in [0.3, 0.4) is 0 Å². The summed E-state index contributed by atoms with van der Waals surface area (Å²) in [6, 6.07) is 19.3. The third-order valence-electron chi connectivity index (χ3n) is 6.69. The summed E-state index contributed by atoms with van der Waals surface area (Å²) in [5.41, 5.74) is 2.34. The molecule has 1 aliphatic rings. The smallest absolute Gasteiger partial charge is 0.233 e. The zero-order chi connectivity index (χ0) is 26.6. The summed E-state index contributed by atoms with van der Waals surface area (Å²) in [5.74, 6) is -0.487. The van der Waals surface area contributed by atoms with Crippen molar-refractivity contribution in [2.24, 2.45) is 5.92 Å². The van der Waals surface area contributed by atoms with Crippen LogP contribution in [0.15, 0.2) is 72.8 Å². The van der Waals surface area contributed by atoms with Gasteiger partial charge in [-0.3, -0.25) is 4.79 Å². The number of benzene rings is 3. The molecular formula is C30H35BrF2N2O3. The van der Waals surface area contributed by atoms with E-state index in [1.54, 1.807) is 29.2 Å². The number of hydrogen-bond donors (Lipinski definition) is 1. The van der Waals surface area contributed by atoms with Gasteiger partial charge in [-0.2, -0.15) is 0 Å². The van der Waals surface area contributed by atoms with Crippen LogP contribution in [0.25, 0.3) is 0 Å². The van der Waals surface area contributed by atoms with E-state index in [0.717, 1.165) is 34.3 Å². The van der Waals surface area contributed by atoms with Crippen molar-refractivity contribution in [3.05, 3.63) is 95.6 Å². The molecule has 3 aromatic rings. The van der Waals surface area contributed by atoms with Crippen molar-refractivity contribution in [2.45, 2.75) is 31.4 Å². The number of nitrogens with zero attached hydrogens (tertiary/aromatic N) is 2. The molecule has 3 atom stereocenters. The summed E-state index contributed by atoms with van der Waals surface area (Å²) >= 11 is 0. The van der Waals surface area contributed by atoms with Gasteiger partial charge in [0.25, 0.3) is 0 Å². The summed E-state index contributed by atoms with van der Waals surface area (Å²) in [6.45, 7) is 1.63. The monoisotopic (exact) mass is 588 g/mol. The third kappa shape index (κ3) is 7.62. The minimum absolute atomic E-state index is 0. The molecule has 38 heavy (non-hydrogen) atoms. The fraction of sp³-hybridized carbons (Fsp3) is 0.367. The van der Waals surface area contributed by atoms with Crippen molar-refractivity contribution >= 4 is 11.6 Å². The Morgan fingerprint density at radius 2 is 1.50 bits per heavy atom. The van der Waals surface area contributed by atoms with Crippen molar-refractivity contribution in [3.8, 4) is 5.75 Å². The molecule has 0 bridgehead atoms. The molecule has 1 amide bonds. The highest BCUT2D eigenvalue weighted by molar-refractivity contribution is 6.03. The number of anilines is 1. The molecule has 204 valence electrons. The van der Waals surface area contributed by atoms with Gasteiger partial charge >= 0.3 is 0 Å². The number of β-lactam (4-membered cyclic amide) rings is 1. The number of carbonyl (C=O) groups excluding carboxylic acids is 1. The molecule has 1 saturated heterocycles. The molecule has 0 saturated carbocycles. The number of amides is 1. The van der Waals surface area contributed by atoms with Crippen molar-refractivity contribution in [1.82, 2.24) is 0 Å². The fourth-order valence-corrected chi connectivity index (χ4v) is 4.81. The van der Waals surface area contributed by atoms with E-state index in [1.807, 2.05) is 24.3 Å². The maximum Gasteiger partial charge on any atom is 0.233 e. The zero-order valence-electron chi connectivity index (χ0n) is 22.0. The second-order valence-corrected chi connectivity index (χ2v) is 10.7. The van der Waals surface area contributed by atoms with Crippen LogP contribution in [0.5, 0.6) is 5.75 Å². The van der Waals surface area contributed by atoms with Gasteiger partial charge in [0.05, 0.1) is 52.4 Å². The van der Waals surface area contributed by atoms with Gasteiger partial charge in [0.15, 0.2) is 0 Å². The Balaban J connectivity index is 0.00000400. The maximum atomic E-state index is 13.5. The Kier molecular flexibility index (Phi) is 10.0. The lowest BCUT2D eigenvalue weighted by Crippen LogP contribution is -3.00. The molecule has 1 N–H and O–H groups in total. The fourth-order valence-electron chi connectivity index (χ4n) is 4.81. The molecule has 3 unspecified atom stereocenters. The lowest BCUT2D eigenvalue weighted by molar-refractivity contribution is -0.870. The molecule has 1 fully saturated rings. The van der Waals surface area contributed by atoms with Gasteiger partial charge in [0.1, 0.15) is 17.4 Å². The first kappa shape index (κ1) is 29.7. The predicted molar refractivity (Wildman–Crippen MR) is 140 cm³/mol. The van der Waals surface area contributed by atoms with Crippen molar-refractivity contribution in [1.29, 1.82) is 0 Å². The quantitative estimate of drug-likeness (QED) is 0.212. The van der Waals surface area contributed by atoms with E-state index in [2.05, 4.69) is 21.1 Å². The molecule has 0 aromatic heterocycles. The number of quaternary nitrogens is 1. The average molecular weight is 590 g/mol. The second-order valence-electron chi connectivity index (χ2n) is 10.7. The van der Waals surface area contributed by atoms with E-state index in [-0.39, 0.29) is 47.0 Å².